The van der Waals surface area contributed by atoms with Gasteiger partial charge < -0.3 is 20.1 Å². The molecule has 2 amide bonds. The number of ether oxygens (including phenoxy) is 2. The quantitative estimate of drug-likeness (QED) is 0.287. The van der Waals surface area contributed by atoms with Crippen LogP contribution in [0.25, 0.3) is 0 Å². The first-order valence-electron chi connectivity index (χ1n) is 10.7. The van der Waals surface area contributed by atoms with E-state index in [2.05, 4.69) is 31.4 Å². The highest BCUT2D eigenvalue weighted by molar-refractivity contribution is 5.82. The Morgan fingerprint density at radius 2 is 1.36 bits per heavy atom. The summed E-state index contributed by atoms with van der Waals surface area (Å²) < 4.78 is 11.9. The molecule has 6 nitrogen and oxygen atoms in total. The van der Waals surface area contributed by atoms with Gasteiger partial charge in [0.2, 0.25) is 12.3 Å². The molecule has 28 heavy (non-hydrogen) atoms. The second-order valence-electron chi connectivity index (χ2n) is 9.10. The van der Waals surface area contributed by atoms with Crippen LogP contribution in [0.3, 0.4) is 0 Å². The molecule has 0 saturated heterocycles. The summed E-state index contributed by atoms with van der Waals surface area (Å²) in [4.78, 5) is 22.9. The van der Waals surface area contributed by atoms with Gasteiger partial charge in [-0.3, -0.25) is 9.59 Å². The number of nitrogens with one attached hydrogen (secondary N) is 2. The van der Waals surface area contributed by atoms with Crippen molar-refractivity contribution in [3.05, 3.63) is 0 Å². The van der Waals surface area contributed by atoms with Crippen LogP contribution >= 0.6 is 0 Å². The first-order valence-corrected chi connectivity index (χ1v) is 10.7. The van der Waals surface area contributed by atoms with E-state index >= 15 is 0 Å². The van der Waals surface area contributed by atoms with Crippen molar-refractivity contribution >= 4 is 12.3 Å². The smallest absolute Gasteiger partial charge is 0.226 e. The fourth-order valence-electron chi connectivity index (χ4n) is 3.31. The molecule has 0 aromatic heterocycles. The first kappa shape index (κ1) is 26.9. The molecule has 0 aromatic carbocycles. The number of rotatable bonds is 17. The fraction of sp³-hybridized carbons (Fsp3) is 0.909. The molecular formula is C22H44N2O4. The van der Waals surface area contributed by atoms with E-state index in [1.54, 1.807) is 0 Å². The lowest BCUT2D eigenvalue weighted by Crippen LogP contribution is -2.41. The van der Waals surface area contributed by atoms with Gasteiger partial charge in [-0.1, -0.05) is 33.6 Å². The Balaban J connectivity index is 4.19. The van der Waals surface area contributed by atoms with Gasteiger partial charge in [-0.05, 0) is 53.4 Å². The predicted octanol–water partition coefficient (Wildman–Crippen LogP) is 3.83. The van der Waals surface area contributed by atoms with Gasteiger partial charge in [0.1, 0.15) is 0 Å². The third-order valence-corrected chi connectivity index (χ3v) is 5.18. The third kappa shape index (κ3) is 11.6. The first-order chi connectivity index (χ1) is 13.0. The molecule has 0 aliphatic heterocycles. The van der Waals surface area contributed by atoms with E-state index in [0.717, 1.165) is 38.5 Å². The zero-order chi connectivity index (χ0) is 21.7. The average molecular weight is 401 g/mol. The molecule has 0 unspecified atom stereocenters. The van der Waals surface area contributed by atoms with Crippen molar-refractivity contribution in [3.63, 3.8) is 0 Å². The minimum atomic E-state index is -0.321. The molecule has 0 heterocycles. The van der Waals surface area contributed by atoms with Crippen LogP contribution in [0.5, 0.6) is 0 Å². The Hall–Kier alpha value is -1.14. The topological polar surface area (TPSA) is 76.7 Å². The van der Waals surface area contributed by atoms with Gasteiger partial charge in [0.15, 0.2) is 0 Å². The van der Waals surface area contributed by atoms with Crippen LogP contribution in [0.4, 0.5) is 0 Å². The Labute approximate surface area is 172 Å². The second kappa shape index (κ2) is 13.2. The van der Waals surface area contributed by atoms with E-state index in [1.807, 2.05) is 27.7 Å². The second-order valence-corrected chi connectivity index (χ2v) is 9.10. The maximum atomic E-state index is 12.5. The molecule has 166 valence electrons. The Morgan fingerprint density at radius 3 is 1.89 bits per heavy atom. The molecule has 0 aliphatic rings. The van der Waals surface area contributed by atoms with Crippen LogP contribution in [0.2, 0.25) is 0 Å². The molecule has 2 N–H and O–H groups in total. The lowest BCUT2D eigenvalue weighted by Gasteiger charge is -2.30. The number of carbonyl (C=O) groups excluding carboxylic acids is 2. The SMILES string of the molecule is CCCC(C)(CCC)C(=O)NCCOC(C)(C)CCOC(C)(C)CCNC=O. The van der Waals surface area contributed by atoms with E-state index in [1.165, 1.54) is 0 Å². The monoisotopic (exact) mass is 400 g/mol. The number of carbonyl (C=O) groups is 2. The molecule has 0 spiro atoms. The van der Waals surface area contributed by atoms with Gasteiger partial charge in [0.25, 0.3) is 0 Å². The van der Waals surface area contributed by atoms with Gasteiger partial charge in [0, 0.05) is 18.5 Å². The van der Waals surface area contributed by atoms with Crippen molar-refractivity contribution in [1.29, 1.82) is 0 Å². The zero-order valence-corrected chi connectivity index (χ0v) is 19.3. The highest BCUT2D eigenvalue weighted by Crippen LogP contribution is 2.29. The van der Waals surface area contributed by atoms with Crippen molar-refractivity contribution in [3.8, 4) is 0 Å². The Bertz CT molecular complexity index is 444. The third-order valence-electron chi connectivity index (χ3n) is 5.18. The molecule has 0 aromatic rings. The van der Waals surface area contributed by atoms with Crippen molar-refractivity contribution < 1.29 is 19.1 Å². The van der Waals surface area contributed by atoms with Crippen LogP contribution in [0.15, 0.2) is 0 Å². The number of hydrogen-bond acceptors (Lipinski definition) is 4. The lowest BCUT2D eigenvalue weighted by molar-refractivity contribution is -0.132. The normalized spacial score (nSPS) is 12.7. The largest absolute Gasteiger partial charge is 0.375 e. The minimum absolute atomic E-state index is 0.131. The average Bonchev–Trinajstić information content (AvgIpc) is 2.58. The molecule has 0 atom stereocenters. The van der Waals surface area contributed by atoms with Gasteiger partial charge in [0.05, 0.1) is 24.4 Å². The van der Waals surface area contributed by atoms with E-state index in [-0.39, 0.29) is 22.5 Å². The van der Waals surface area contributed by atoms with Crippen LogP contribution < -0.4 is 10.6 Å². The summed E-state index contributed by atoms with van der Waals surface area (Å²) in [5, 5.41) is 5.70. The highest BCUT2D eigenvalue weighted by atomic mass is 16.5. The fourth-order valence-corrected chi connectivity index (χ4v) is 3.31. The standard InChI is InChI=1S/C22H44N2O4/c1-8-10-22(7,11-9-2)19(26)24-15-17-28-21(5,6)13-16-27-20(3,4)12-14-23-18-25/h18H,8-17H2,1-7H3,(H,23,25)(H,24,26). The van der Waals surface area contributed by atoms with Crippen LogP contribution in [0.1, 0.15) is 87.0 Å². The highest BCUT2D eigenvalue weighted by Gasteiger charge is 2.31. The van der Waals surface area contributed by atoms with Gasteiger partial charge in [-0.2, -0.15) is 0 Å². The predicted molar refractivity (Wildman–Crippen MR) is 114 cm³/mol. The summed E-state index contributed by atoms with van der Waals surface area (Å²) in [5.74, 6) is 0.131. The van der Waals surface area contributed by atoms with Crippen molar-refractivity contribution in [2.24, 2.45) is 5.41 Å². The number of hydrogen-bond donors (Lipinski definition) is 2. The lowest BCUT2D eigenvalue weighted by atomic mass is 9.80. The molecule has 0 bridgehead atoms. The van der Waals surface area contributed by atoms with E-state index < -0.39 is 0 Å². The molecule has 0 fully saturated rings. The summed E-state index contributed by atoms with van der Waals surface area (Å²) in [6.45, 7) is 16.6. The summed E-state index contributed by atoms with van der Waals surface area (Å²) in [6, 6.07) is 0. The molecule has 0 radical (unpaired) electrons. The molecule has 6 heteroatoms. The molecule has 0 rings (SSSR count). The Morgan fingerprint density at radius 1 is 0.821 bits per heavy atom. The van der Waals surface area contributed by atoms with Crippen LogP contribution in [-0.2, 0) is 19.1 Å². The summed E-state index contributed by atoms with van der Waals surface area (Å²) in [6.07, 6.45) is 6.06. The van der Waals surface area contributed by atoms with Gasteiger partial charge in [-0.15, -0.1) is 0 Å². The molecule has 0 aliphatic carbocycles. The van der Waals surface area contributed by atoms with Gasteiger partial charge in [-0.25, -0.2) is 0 Å². The van der Waals surface area contributed by atoms with E-state index in [4.69, 9.17) is 9.47 Å². The summed E-state index contributed by atoms with van der Waals surface area (Å²) >= 11 is 0. The van der Waals surface area contributed by atoms with E-state index in [9.17, 15) is 9.59 Å². The van der Waals surface area contributed by atoms with E-state index in [0.29, 0.717) is 32.7 Å². The maximum absolute atomic E-state index is 12.5. The van der Waals surface area contributed by atoms with Crippen LogP contribution in [0, 0.1) is 5.41 Å². The molecular weight excluding hydrogens is 356 g/mol. The zero-order valence-electron chi connectivity index (χ0n) is 19.3. The van der Waals surface area contributed by atoms with Gasteiger partial charge >= 0.3 is 0 Å². The van der Waals surface area contributed by atoms with Crippen molar-refractivity contribution in [2.75, 3.05) is 26.3 Å². The van der Waals surface area contributed by atoms with Crippen molar-refractivity contribution in [1.82, 2.24) is 10.6 Å². The van der Waals surface area contributed by atoms with Crippen LogP contribution in [-0.4, -0.2) is 49.8 Å². The maximum Gasteiger partial charge on any atom is 0.226 e. The minimum Gasteiger partial charge on any atom is -0.375 e. The molecule has 0 saturated carbocycles. The van der Waals surface area contributed by atoms with Crippen molar-refractivity contribution in [2.45, 2.75) is 98.2 Å². The number of amides is 2. The Kier molecular flexibility index (Phi) is 12.6. The summed E-state index contributed by atoms with van der Waals surface area (Å²) in [7, 11) is 0. The summed E-state index contributed by atoms with van der Waals surface area (Å²) in [5.41, 5.74) is -0.891.